The van der Waals surface area contributed by atoms with Crippen LogP contribution in [0.15, 0.2) is 28.7 Å². The first-order chi connectivity index (χ1) is 14.1. The van der Waals surface area contributed by atoms with Crippen molar-refractivity contribution in [3.05, 3.63) is 24.3 Å². The summed E-state index contributed by atoms with van der Waals surface area (Å²) in [5.74, 6) is 0.993. The molecule has 0 amide bonds. The standard InChI is InChI=1S/C24H32O5/c1-3-5-7-9-11-27-23-15-21-17(13-19(23)25)18-14-20(26)24(16-22(18)29-21)28-12-10-8-6-4-2/h13-16,25-26H,3-12H2,1-2H3. The first-order valence-corrected chi connectivity index (χ1v) is 10.8. The van der Waals surface area contributed by atoms with E-state index in [2.05, 4.69) is 13.8 Å². The van der Waals surface area contributed by atoms with Crippen molar-refractivity contribution in [3.63, 3.8) is 0 Å². The topological polar surface area (TPSA) is 72.1 Å². The van der Waals surface area contributed by atoms with Crippen LogP contribution in [-0.4, -0.2) is 23.4 Å². The summed E-state index contributed by atoms with van der Waals surface area (Å²) in [6, 6.07) is 6.69. The largest absolute Gasteiger partial charge is 0.504 e. The molecule has 2 N–H and O–H groups in total. The fraction of sp³-hybridized carbons (Fsp3) is 0.500. The normalized spacial score (nSPS) is 11.4. The van der Waals surface area contributed by atoms with Crippen molar-refractivity contribution < 1.29 is 24.1 Å². The highest BCUT2D eigenvalue weighted by molar-refractivity contribution is 6.07. The molecule has 0 aliphatic rings. The summed E-state index contributed by atoms with van der Waals surface area (Å²) in [7, 11) is 0. The van der Waals surface area contributed by atoms with Gasteiger partial charge >= 0.3 is 0 Å². The van der Waals surface area contributed by atoms with Gasteiger partial charge in [0.15, 0.2) is 23.0 Å². The van der Waals surface area contributed by atoms with E-state index in [9.17, 15) is 10.2 Å². The van der Waals surface area contributed by atoms with Crippen molar-refractivity contribution in [1.29, 1.82) is 0 Å². The maximum Gasteiger partial charge on any atom is 0.164 e. The average molecular weight is 401 g/mol. The molecule has 2 aromatic carbocycles. The van der Waals surface area contributed by atoms with Crippen molar-refractivity contribution in [2.45, 2.75) is 65.2 Å². The smallest absolute Gasteiger partial charge is 0.164 e. The van der Waals surface area contributed by atoms with Crippen LogP contribution in [0.4, 0.5) is 0 Å². The molecular weight excluding hydrogens is 368 g/mol. The Morgan fingerprint density at radius 2 is 1.10 bits per heavy atom. The second kappa shape index (κ2) is 10.3. The lowest BCUT2D eigenvalue weighted by Crippen LogP contribution is -1.97. The van der Waals surface area contributed by atoms with Gasteiger partial charge in [0.25, 0.3) is 0 Å². The van der Waals surface area contributed by atoms with Crippen LogP contribution in [0.25, 0.3) is 21.9 Å². The van der Waals surface area contributed by atoms with Crippen LogP contribution in [-0.2, 0) is 0 Å². The van der Waals surface area contributed by atoms with Crippen molar-refractivity contribution in [2.75, 3.05) is 13.2 Å². The number of phenols is 2. The molecule has 0 aliphatic carbocycles. The van der Waals surface area contributed by atoms with E-state index in [1.54, 1.807) is 24.3 Å². The number of unbranched alkanes of at least 4 members (excludes halogenated alkanes) is 6. The van der Waals surface area contributed by atoms with Gasteiger partial charge in [0.1, 0.15) is 11.2 Å². The fourth-order valence-corrected chi connectivity index (χ4v) is 3.46. The van der Waals surface area contributed by atoms with E-state index >= 15 is 0 Å². The Morgan fingerprint density at radius 1 is 0.655 bits per heavy atom. The number of rotatable bonds is 12. The van der Waals surface area contributed by atoms with E-state index in [-0.39, 0.29) is 11.5 Å². The molecule has 0 saturated heterocycles. The highest BCUT2D eigenvalue weighted by Crippen LogP contribution is 2.41. The highest BCUT2D eigenvalue weighted by Gasteiger charge is 2.15. The predicted molar refractivity (Wildman–Crippen MR) is 116 cm³/mol. The van der Waals surface area contributed by atoms with Crippen LogP contribution in [0, 0.1) is 0 Å². The molecule has 158 valence electrons. The first kappa shape index (κ1) is 21.2. The van der Waals surface area contributed by atoms with Gasteiger partial charge in [0, 0.05) is 22.9 Å². The van der Waals surface area contributed by atoms with Gasteiger partial charge in [-0.25, -0.2) is 0 Å². The molecule has 0 atom stereocenters. The maximum atomic E-state index is 10.3. The van der Waals surface area contributed by atoms with Crippen molar-refractivity contribution in [1.82, 2.24) is 0 Å². The van der Waals surface area contributed by atoms with Crippen LogP contribution >= 0.6 is 0 Å². The fourth-order valence-electron chi connectivity index (χ4n) is 3.46. The molecule has 29 heavy (non-hydrogen) atoms. The lowest BCUT2D eigenvalue weighted by Gasteiger charge is -2.08. The molecule has 5 nitrogen and oxygen atoms in total. The SMILES string of the molecule is CCCCCCOc1cc2oc3cc(OCCCCCC)c(O)cc3c2cc1O. The summed E-state index contributed by atoms with van der Waals surface area (Å²) < 4.78 is 17.4. The number of hydrogen-bond acceptors (Lipinski definition) is 5. The van der Waals surface area contributed by atoms with Crippen LogP contribution in [0.1, 0.15) is 65.2 Å². The lowest BCUT2D eigenvalue weighted by atomic mass is 10.1. The predicted octanol–water partition coefficient (Wildman–Crippen LogP) is 6.92. The van der Waals surface area contributed by atoms with Gasteiger partial charge in [0.05, 0.1) is 13.2 Å². The monoisotopic (exact) mass is 400 g/mol. The van der Waals surface area contributed by atoms with Gasteiger partial charge in [0.2, 0.25) is 0 Å². The Hall–Kier alpha value is -2.56. The molecule has 0 aliphatic heterocycles. The molecule has 0 bridgehead atoms. The lowest BCUT2D eigenvalue weighted by molar-refractivity contribution is 0.289. The van der Waals surface area contributed by atoms with Gasteiger partial charge in [-0.05, 0) is 25.0 Å². The van der Waals surface area contributed by atoms with Gasteiger partial charge in [-0.15, -0.1) is 0 Å². The molecule has 0 radical (unpaired) electrons. The summed E-state index contributed by atoms with van der Waals surface area (Å²) in [5.41, 5.74) is 1.22. The van der Waals surface area contributed by atoms with E-state index in [4.69, 9.17) is 13.9 Å². The maximum absolute atomic E-state index is 10.3. The van der Waals surface area contributed by atoms with Crippen LogP contribution < -0.4 is 9.47 Å². The minimum absolute atomic E-state index is 0.0754. The molecule has 0 unspecified atom stereocenters. The van der Waals surface area contributed by atoms with Gasteiger partial charge in [-0.2, -0.15) is 0 Å². The molecule has 3 rings (SSSR count). The first-order valence-electron chi connectivity index (χ1n) is 10.8. The Bertz CT molecular complexity index is 854. The van der Waals surface area contributed by atoms with Crippen LogP contribution in [0.3, 0.4) is 0 Å². The quantitative estimate of drug-likeness (QED) is 0.323. The van der Waals surface area contributed by atoms with Gasteiger partial charge < -0.3 is 24.1 Å². The number of fused-ring (bicyclic) bond motifs is 3. The van der Waals surface area contributed by atoms with Crippen molar-refractivity contribution in [3.8, 4) is 23.0 Å². The zero-order valence-electron chi connectivity index (χ0n) is 17.5. The minimum Gasteiger partial charge on any atom is -0.504 e. The molecular formula is C24H32O5. The molecule has 0 saturated carbocycles. The number of furan rings is 1. The third-order valence-electron chi connectivity index (χ3n) is 5.14. The van der Waals surface area contributed by atoms with E-state index < -0.39 is 0 Å². The van der Waals surface area contributed by atoms with E-state index in [0.717, 1.165) is 36.5 Å². The zero-order valence-corrected chi connectivity index (χ0v) is 17.5. The zero-order chi connectivity index (χ0) is 20.6. The second-order valence-corrected chi connectivity index (χ2v) is 7.55. The van der Waals surface area contributed by atoms with E-state index in [1.165, 1.54) is 25.7 Å². The highest BCUT2D eigenvalue weighted by atomic mass is 16.5. The third-order valence-corrected chi connectivity index (χ3v) is 5.14. The Balaban J connectivity index is 1.76. The summed E-state index contributed by atoms with van der Waals surface area (Å²) in [6.45, 7) is 5.47. The van der Waals surface area contributed by atoms with Gasteiger partial charge in [-0.3, -0.25) is 0 Å². The molecule has 5 heteroatoms. The number of benzene rings is 2. The third kappa shape index (κ3) is 5.28. The molecule has 0 fully saturated rings. The molecule has 3 aromatic rings. The average Bonchev–Trinajstić information content (AvgIpc) is 3.04. The summed E-state index contributed by atoms with van der Waals surface area (Å²) in [4.78, 5) is 0. The summed E-state index contributed by atoms with van der Waals surface area (Å²) in [6.07, 6.45) is 8.86. The number of hydrogen-bond donors (Lipinski definition) is 2. The van der Waals surface area contributed by atoms with Crippen molar-refractivity contribution >= 4 is 21.9 Å². The molecule has 1 heterocycles. The molecule has 1 aromatic heterocycles. The summed E-state index contributed by atoms with van der Waals surface area (Å²) in [5, 5.41) is 22.2. The molecule has 0 spiro atoms. The number of ether oxygens (including phenoxy) is 2. The number of phenolic OH excluding ortho intramolecular Hbond substituents is 2. The summed E-state index contributed by atoms with van der Waals surface area (Å²) >= 11 is 0. The minimum atomic E-state index is 0.0754. The van der Waals surface area contributed by atoms with Crippen LogP contribution in [0.2, 0.25) is 0 Å². The second-order valence-electron chi connectivity index (χ2n) is 7.55. The Labute approximate surface area is 172 Å². The van der Waals surface area contributed by atoms with Crippen molar-refractivity contribution in [2.24, 2.45) is 0 Å². The number of aromatic hydroxyl groups is 2. The van der Waals surface area contributed by atoms with Crippen LogP contribution in [0.5, 0.6) is 23.0 Å². The Morgan fingerprint density at radius 3 is 1.52 bits per heavy atom. The Kier molecular flexibility index (Phi) is 7.50. The van der Waals surface area contributed by atoms with E-state index in [1.807, 2.05) is 0 Å². The van der Waals surface area contributed by atoms with Gasteiger partial charge in [-0.1, -0.05) is 52.4 Å². The van der Waals surface area contributed by atoms with E-state index in [0.29, 0.717) is 35.9 Å².